The van der Waals surface area contributed by atoms with Gasteiger partial charge in [-0.05, 0) is 18.9 Å². The number of nitrogens with zero attached hydrogens (tertiary/aromatic N) is 2. The normalized spacial score (nSPS) is 19.6. The number of aryl methyl sites for hydroxylation is 1. The lowest BCUT2D eigenvalue weighted by molar-refractivity contribution is 0.192. The zero-order valence-electron chi connectivity index (χ0n) is 11.3. The minimum absolute atomic E-state index is 0. The van der Waals surface area contributed by atoms with Crippen molar-refractivity contribution in [2.24, 2.45) is 5.73 Å². The van der Waals surface area contributed by atoms with Crippen LogP contribution < -0.4 is 5.73 Å². The first-order valence-electron chi connectivity index (χ1n) is 6.47. The molecule has 0 radical (unpaired) electrons. The van der Waals surface area contributed by atoms with Crippen molar-refractivity contribution < 1.29 is 9.26 Å². The van der Waals surface area contributed by atoms with Crippen molar-refractivity contribution in [2.75, 3.05) is 13.2 Å². The van der Waals surface area contributed by atoms with E-state index in [1.165, 1.54) is 5.56 Å². The van der Waals surface area contributed by atoms with E-state index in [9.17, 15) is 0 Å². The summed E-state index contributed by atoms with van der Waals surface area (Å²) >= 11 is 0. The molecule has 2 heterocycles. The van der Waals surface area contributed by atoms with Crippen molar-refractivity contribution in [2.45, 2.75) is 25.3 Å². The van der Waals surface area contributed by atoms with Gasteiger partial charge < -0.3 is 15.0 Å². The lowest BCUT2D eigenvalue weighted by Crippen LogP contribution is -2.12. The van der Waals surface area contributed by atoms with Crippen molar-refractivity contribution >= 4 is 12.4 Å². The van der Waals surface area contributed by atoms with Gasteiger partial charge in [-0.15, -0.1) is 12.4 Å². The first kappa shape index (κ1) is 15.0. The Morgan fingerprint density at radius 3 is 2.70 bits per heavy atom. The van der Waals surface area contributed by atoms with Crippen LogP contribution in [0.5, 0.6) is 0 Å². The molecule has 1 saturated heterocycles. The first-order chi connectivity index (χ1) is 9.24. The molecule has 0 spiro atoms. The fraction of sp³-hybridized carbons (Fsp3) is 0.429. The van der Waals surface area contributed by atoms with E-state index in [1.807, 2.05) is 31.2 Å². The number of ether oxygens (including phenoxy) is 1. The highest BCUT2D eigenvalue weighted by molar-refractivity contribution is 5.85. The Morgan fingerprint density at radius 1 is 1.30 bits per heavy atom. The topological polar surface area (TPSA) is 74.2 Å². The number of aromatic nitrogens is 2. The Kier molecular flexibility index (Phi) is 4.75. The number of benzene rings is 1. The summed E-state index contributed by atoms with van der Waals surface area (Å²) in [6.45, 7) is 3.47. The minimum atomic E-state index is -0.371. The largest absolute Gasteiger partial charge is 0.381 e. The summed E-state index contributed by atoms with van der Waals surface area (Å²) in [4.78, 5) is 4.41. The molecule has 3 rings (SSSR count). The number of hydrogen-bond acceptors (Lipinski definition) is 5. The van der Waals surface area contributed by atoms with E-state index in [0.717, 1.165) is 18.6 Å². The maximum atomic E-state index is 6.15. The number of halogens is 1. The summed E-state index contributed by atoms with van der Waals surface area (Å²) in [7, 11) is 0. The molecule has 1 aromatic heterocycles. The molecule has 0 aliphatic carbocycles. The Hall–Kier alpha value is -1.43. The van der Waals surface area contributed by atoms with E-state index < -0.39 is 0 Å². The third kappa shape index (κ3) is 3.00. The van der Waals surface area contributed by atoms with Crippen LogP contribution >= 0.6 is 12.4 Å². The van der Waals surface area contributed by atoms with Crippen LogP contribution in [0, 0.1) is 6.92 Å². The van der Waals surface area contributed by atoms with Gasteiger partial charge in [-0.2, -0.15) is 4.98 Å². The zero-order chi connectivity index (χ0) is 13.2. The Balaban J connectivity index is 0.00000147. The fourth-order valence-electron chi connectivity index (χ4n) is 2.19. The van der Waals surface area contributed by atoms with Crippen LogP contribution in [0.3, 0.4) is 0 Å². The van der Waals surface area contributed by atoms with Gasteiger partial charge in [-0.25, -0.2) is 0 Å². The number of rotatable bonds is 3. The van der Waals surface area contributed by atoms with Gasteiger partial charge in [0.25, 0.3) is 0 Å². The molecule has 1 aromatic carbocycles. The number of nitrogens with two attached hydrogens (primary N) is 1. The quantitative estimate of drug-likeness (QED) is 0.941. The third-order valence-electron chi connectivity index (χ3n) is 3.45. The van der Waals surface area contributed by atoms with Gasteiger partial charge in [0.2, 0.25) is 5.89 Å². The highest BCUT2D eigenvalue weighted by Crippen LogP contribution is 2.25. The van der Waals surface area contributed by atoms with Gasteiger partial charge in [0, 0.05) is 12.5 Å². The van der Waals surface area contributed by atoms with E-state index in [2.05, 4.69) is 10.1 Å². The standard InChI is InChI=1S/C14H17N3O2.ClH/c1-9-2-4-10(5-3-9)12(15)14-16-13(17-19-14)11-6-7-18-8-11;/h2-5,11-12H,6-8,15H2,1H3;1H. The van der Waals surface area contributed by atoms with Crippen LogP contribution in [0.2, 0.25) is 0 Å². The molecule has 2 N–H and O–H groups in total. The van der Waals surface area contributed by atoms with Gasteiger partial charge in [-0.1, -0.05) is 35.0 Å². The average molecular weight is 296 g/mol. The van der Waals surface area contributed by atoms with Crippen molar-refractivity contribution in [3.05, 3.63) is 47.1 Å². The number of hydrogen-bond donors (Lipinski definition) is 1. The average Bonchev–Trinajstić information content (AvgIpc) is 3.10. The van der Waals surface area contributed by atoms with Crippen molar-refractivity contribution in [3.63, 3.8) is 0 Å². The van der Waals surface area contributed by atoms with Crippen LogP contribution in [-0.4, -0.2) is 23.4 Å². The SMILES string of the molecule is Cc1ccc(C(N)c2nc(C3CCOC3)no2)cc1.Cl. The van der Waals surface area contributed by atoms with E-state index in [1.54, 1.807) is 0 Å². The second-order valence-electron chi connectivity index (χ2n) is 4.94. The van der Waals surface area contributed by atoms with E-state index in [0.29, 0.717) is 18.3 Å². The molecule has 0 saturated carbocycles. The molecule has 108 valence electrons. The van der Waals surface area contributed by atoms with Crippen LogP contribution in [0.15, 0.2) is 28.8 Å². The summed E-state index contributed by atoms with van der Waals surface area (Å²) in [6, 6.07) is 7.66. The second-order valence-corrected chi connectivity index (χ2v) is 4.94. The lowest BCUT2D eigenvalue weighted by Gasteiger charge is -2.07. The molecular formula is C14H18ClN3O2. The summed E-state index contributed by atoms with van der Waals surface area (Å²) in [5.41, 5.74) is 8.33. The highest BCUT2D eigenvalue weighted by Gasteiger charge is 2.25. The Labute approximate surface area is 123 Å². The molecule has 2 atom stereocenters. The molecule has 0 bridgehead atoms. The van der Waals surface area contributed by atoms with Crippen LogP contribution in [0.25, 0.3) is 0 Å². The highest BCUT2D eigenvalue weighted by atomic mass is 35.5. The van der Waals surface area contributed by atoms with Crippen molar-refractivity contribution in [1.82, 2.24) is 10.1 Å². The molecule has 2 aromatic rings. The van der Waals surface area contributed by atoms with Crippen molar-refractivity contribution in [3.8, 4) is 0 Å². The molecule has 20 heavy (non-hydrogen) atoms. The minimum Gasteiger partial charge on any atom is -0.381 e. The molecule has 0 amide bonds. The summed E-state index contributed by atoms with van der Waals surface area (Å²) in [6.07, 6.45) is 0.943. The van der Waals surface area contributed by atoms with Gasteiger partial charge in [0.15, 0.2) is 5.82 Å². The van der Waals surface area contributed by atoms with Crippen LogP contribution in [0.1, 0.15) is 41.2 Å². The van der Waals surface area contributed by atoms with Gasteiger partial charge in [0.1, 0.15) is 6.04 Å². The van der Waals surface area contributed by atoms with E-state index in [4.69, 9.17) is 15.0 Å². The van der Waals surface area contributed by atoms with E-state index >= 15 is 0 Å². The van der Waals surface area contributed by atoms with Gasteiger partial charge in [-0.3, -0.25) is 0 Å². The maximum Gasteiger partial charge on any atom is 0.248 e. The molecule has 1 aliphatic rings. The first-order valence-corrected chi connectivity index (χ1v) is 6.47. The molecule has 2 unspecified atom stereocenters. The summed E-state index contributed by atoms with van der Waals surface area (Å²) in [5.74, 6) is 1.41. The van der Waals surface area contributed by atoms with Gasteiger partial charge in [0.05, 0.1) is 6.61 Å². The summed E-state index contributed by atoms with van der Waals surface area (Å²) < 4.78 is 10.6. The van der Waals surface area contributed by atoms with Gasteiger partial charge >= 0.3 is 0 Å². The van der Waals surface area contributed by atoms with Crippen LogP contribution in [-0.2, 0) is 4.74 Å². The monoisotopic (exact) mass is 295 g/mol. The predicted molar refractivity (Wildman–Crippen MR) is 76.9 cm³/mol. The molecule has 1 fully saturated rings. The summed E-state index contributed by atoms with van der Waals surface area (Å²) in [5, 5.41) is 4.02. The molecule has 5 nitrogen and oxygen atoms in total. The zero-order valence-corrected chi connectivity index (χ0v) is 12.1. The maximum absolute atomic E-state index is 6.15. The lowest BCUT2D eigenvalue weighted by atomic mass is 10.1. The van der Waals surface area contributed by atoms with Crippen LogP contribution in [0.4, 0.5) is 0 Å². The molecule has 6 heteroatoms. The molecule has 1 aliphatic heterocycles. The predicted octanol–water partition coefficient (Wildman–Crippen LogP) is 2.35. The third-order valence-corrected chi connectivity index (χ3v) is 3.45. The fourth-order valence-corrected chi connectivity index (χ4v) is 2.19. The second kappa shape index (κ2) is 6.35. The van der Waals surface area contributed by atoms with E-state index in [-0.39, 0.29) is 24.4 Å². The van der Waals surface area contributed by atoms with Crippen molar-refractivity contribution in [1.29, 1.82) is 0 Å². The Bertz CT molecular complexity index is 550. The molecular weight excluding hydrogens is 278 g/mol. The Morgan fingerprint density at radius 2 is 2.05 bits per heavy atom. The smallest absolute Gasteiger partial charge is 0.248 e.